The minimum absolute atomic E-state index is 0.0239. The van der Waals surface area contributed by atoms with Crippen molar-refractivity contribution in [1.29, 1.82) is 0 Å². The average molecular weight is 594 g/mol. The standard InChI is InChI=1S/C27H30Cl2N4O5S/c1-16-12-17(2)31-26-19(16)4-3-5-23(26)38-15-20-21(28)6-7-24(25(20)29)39(36,37)33-14-18(34)13-22(33)27(35)32-10-8-30-9-11-32/h3-7,12,18,22,30,34H,8-11,13-15H2,1-2H3/t18-,22+/m1/s1. The van der Waals surface area contributed by atoms with Gasteiger partial charge in [0.1, 0.15) is 28.8 Å². The zero-order valence-corrected chi connectivity index (χ0v) is 24.0. The van der Waals surface area contributed by atoms with Crippen molar-refractivity contribution in [2.45, 2.75) is 43.9 Å². The molecule has 1 aromatic heterocycles. The molecule has 2 fully saturated rings. The zero-order valence-electron chi connectivity index (χ0n) is 21.7. The lowest BCUT2D eigenvalue weighted by Gasteiger charge is -2.32. The van der Waals surface area contributed by atoms with E-state index in [1.54, 1.807) is 11.0 Å². The number of nitrogens with zero attached hydrogens (tertiary/aromatic N) is 3. The number of ether oxygens (including phenoxy) is 1. The monoisotopic (exact) mass is 592 g/mol. The number of carbonyl (C=O) groups excluding carboxylic acids is 1. The molecule has 1 amide bonds. The van der Waals surface area contributed by atoms with Gasteiger partial charge in [0, 0.05) is 60.8 Å². The number of aromatic nitrogens is 1. The highest BCUT2D eigenvalue weighted by atomic mass is 35.5. The van der Waals surface area contributed by atoms with Crippen molar-refractivity contribution in [3.8, 4) is 5.75 Å². The van der Waals surface area contributed by atoms with Crippen molar-refractivity contribution < 1.29 is 23.1 Å². The number of halogens is 2. The Kier molecular flexibility index (Phi) is 8.05. The Morgan fingerprint density at radius 3 is 2.67 bits per heavy atom. The van der Waals surface area contributed by atoms with Crippen LogP contribution >= 0.6 is 23.2 Å². The Balaban J connectivity index is 1.45. The number of aryl methyl sites for hydroxylation is 2. The van der Waals surface area contributed by atoms with Crippen molar-refractivity contribution in [3.05, 3.63) is 63.3 Å². The zero-order chi connectivity index (χ0) is 27.9. The number of benzene rings is 2. The molecule has 2 atom stereocenters. The summed E-state index contributed by atoms with van der Waals surface area (Å²) in [4.78, 5) is 19.3. The van der Waals surface area contributed by atoms with E-state index in [1.807, 2.05) is 32.0 Å². The summed E-state index contributed by atoms with van der Waals surface area (Å²) in [5, 5.41) is 14.6. The molecule has 0 unspecified atom stereocenters. The van der Waals surface area contributed by atoms with Crippen LogP contribution in [0.4, 0.5) is 0 Å². The van der Waals surface area contributed by atoms with Crippen molar-refractivity contribution in [2.24, 2.45) is 0 Å². The number of aliphatic hydroxyl groups is 1. The van der Waals surface area contributed by atoms with Crippen molar-refractivity contribution in [2.75, 3.05) is 32.7 Å². The number of sulfonamides is 1. The van der Waals surface area contributed by atoms with Crippen LogP contribution in [0.3, 0.4) is 0 Å². The lowest BCUT2D eigenvalue weighted by molar-refractivity contribution is -0.135. The first kappa shape index (κ1) is 28.1. The number of rotatable bonds is 6. The van der Waals surface area contributed by atoms with Crippen LogP contribution in [0.1, 0.15) is 23.2 Å². The summed E-state index contributed by atoms with van der Waals surface area (Å²) in [7, 11) is -4.25. The van der Waals surface area contributed by atoms with Gasteiger partial charge < -0.3 is 20.1 Å². The summed E-state index contributed by atoms with van der Waals surface area (Å²) in [6.45, 7) is 5.82. The summed E-state index contributed by atoms with van der Waals surface area (Å²) < 4.78 is 34.8. The largest absolute Gasteiger partial charge is 0.487 e. The third-order valence-corrected chi connectivity index (χ3v) is 10.0. The van der Waals surface area contributed by atoms with E-state index in [9.17, 15) is 18.3 Å². The van der Waals surface area contributed by atoms with Gasteiger partial charge in [-0.15, -0.1) is 0 Å². The normalized spacial score (nSPS) is 20.5. The number of hydrogen-bond acceptors (Lipinski definition) is 7. The number of pyridine rings is 1. The van der Waals surface area contributed by atoms with E-state index in [1.165, 1.54) is 12.1 Å². The molecule has 0 bridgehead atoms. The molecule has 2 aliphatic rings. The van der Waals surface area contributed by atoms with Crippen LogP contribution < -0.4 is 10.1 Å². The van der Waals surface area contributed by atoms with E-state index >= 15 is 0 Å². The molecule has 0 spiro atoms. The summed E-state index contributed by atoms with van der Waals surface area (Å²) in [5.74, 6) is 0.198. The second-order valence-corrected chi connectivity index (χ2v) is 12.6. The maximum Gasteiger partial charge on any atom is 0.245 e. The molecule has 3 heterocycles. The first-order chi connectivity index (χ1) is 18.6. The van der Waals surface area contributed by atoms with Crippen LogP contribution in [-0.2, 0) is 21.4 Å². The fourth-order valence-corrected chi connectivity index (χ4v) is 7.72. The average Bonchev–Trinajstić information content (AvgIpc) is 3.31. The van der Waals surface area contributed by atoms with E-state index in [-0.39, 0.29) is 40.4 Å². The second-order valence-electron chi connectivity index (χ2n) is 9.91. The fraction of sp³-hybridized carbons (Fsp3) is 0.407. The van der Waals surface area contributed by atoms with E-state index in [0.29, 0.717) is 43.0 Å². The highest BCUT2D eigenvalue weighted by Gasteiger charge is 2.45. The SMILES string of the molecule is Cc1cc(C)c2cccc(OCc3c(Cl)ccc(S(=O)(=O)N4C[C@H](O)C[C@H]4C(=O)N4CCNCC4)c3Cl)c2n1. The highest BCUT2D eigenvalue weighted by molar-refractivity contribution is 7.89. The Morgan fingerprint density at radius 2 is 1.92 bits per heavy atom. The van der Waals surface area contributed by atoms with Gasteiger partial charge in [-0.25, -0.2) is 13.4 Å². The van der Waals surface area contributed by atoms with Gasteiger partial charge in [-0.1, -0.05) is 35.3 Å². The third-order valence-electron chi connectivity index (χ3n) is 7.19. The summed E-state index contributed by atoms with van der Waals surface area (Å²) >= 11 is 13.1. The van der Waals surface area contributed by atoms with Gasteiger partial charge in [-0.2, -0.15) is 4.31 Å². The van der Waals surface area contributed by atoms with Gasteiger partial charge in [-0.3, -0.25) is 4.79 Å². The maximum atomic E-state index is 13.8. The molecular formula is C27H30Cl2N4O5S. The van der Waals surface area contributed by atoms with Crippen molar-refractivity contribution >= 4 is 50.0 Å². The minimum Gasteiger partial charge on any atom is -0.487 e. The van der Waals surface area contributed by atoms with Gasteiger partial charge in [0.15, 0.2) is 0 Å². The maximum absolute atomic E-state index is 13.8. The number of para-hydroxylation sites is 1. The molecule has 0 radical (unpaired) electrons. The van der Waals surface area contributed by atoms with Crippen LogP contribution in [0.15, 0.2) is 41.3 Å². The van der Waals surface area contributed by atoms with E-state index in [4.69, 9.17) is 27.9 Å². The van der Waals surface area contributed by atoms with Gasteiger partial charge in [-0.05, 0) is 43.7 Å². The number of fused-ring (bicyclic) bond motifs is 1. The molecule has 12 heteroatoms. The predicted octanol–water partition coefficient (Wildman–Crippen LogP) is 3.29. The Labute approximate surface area is 237 Å². The number of piperazine rings is 1. The van der Waals surface area contributed by atoms with E-state index < -0.39 is 22.2 Å². The molecule has 5 rings (SSSR count). The molecule has 2 aromatic carbocycles. The molecular weight excluding hydrogens is 563 g/mol. The van der Waals surface area contributed by atoms with Crippen molar-refractivity contribution in [3.63, 3.8) is 0 Å². The van der Waals surface area contributed by atoms with Gasteiger partial charge in [0.25, 0.3) is 0 Å². The number of hydrogen-bond donors (Lipinski definition) is 2. The minimum atomic E-state index is -4.25. The van der Waals surface area contributed by atoms with Crippen LogP contribution in [0.25, 0.3) is 10.9 Å². The molecule has 2 saturated heterocycles. The summed E-state index contributed by atoms with van der Waals surface area (Å²) in [6, 6.07) is 9.36. The molecule has 9 nitrogen and oxygen atoms in total. The summed E-state index contributed by atoms with van der Waals surface area (Å²) in [5.41, 5.74) is 2.89. The highest BCUT2D eigenvalue weighted by Crippen LogP contribution is 2.37. The lowest BCUT2D eigenvalue weighted by Crippen LogP contribution is -2.53. The van der Waals surface area contributed by atoms with Crippen LogP contribution in [0.2, 0.25) is 10.0 Å². The van der Waals surface area contributed by atoms with Crippen LogP contribution in [0.5, 0.6) is 5.75 Å². The predicted molar refractivity (Wildman–Crippen MR) is 150 cm³/mol. The van der Waals surface area contributed by atoms with Gasteiger partial charge in [0.2, 0.25) is 15.9 Å². The molecule has 3 aromatic rings. The molecule has 0 aliphatic carbocycles. The summed E-state index contributed by atoms with van der Waals surface area (Å²) in [6.07, 6.45) is -0.938. The molecule has 2 aliphatic heterocycles. The lowest BCUT2D eigenvalue weighted by atomic mass is 10.1. The van der Waals surface area contributed by atoms with Gasteiger partial charge >= 0.3 is 0 Å². The van der Waals surface area contributed by atoms with Crippen molar-refractivity contribution in [1.82, 2.24) is 19.5 Å². The smallest absolute Gasteiger partial charge is 0.245 e. The number of carbonyl (C=O) groups is 1. The Bertz CT molecular complexity index is 1530. The van der Waals surface area contributed by atoms with Gasteiger partial charge in [0.05, 0.1) is 11.1 Å². The Morgan fingerprint density at radius 1 is 1.18 bits per heavy atom. The molecule has 0 saturated carbocycles. The Hall–Kier alpha value is -2.47. The van der Waals surface area contributed by atoms with E-state index in [0.717, 1.165) is 20.9 Å². The first-order valence-electron chi connectivity index (χ1n) is 12.7. The first-order valence-corrected chi connectivity index (χ1v) is 14.9. The second kappa shape index (κ2) is 11.2. The van der Waals surface area contributed by atoms with E-state index in [2.05, 4.69) is 10.3 Å². The molecule has 208 valence electrons. The van der Waals surface area contributed by atoms with Crippen LogP contribution in [-0.4, -0.2) is 78.5 Å². The van der Waals surface area contributed by atoms with Crippen LogP contribution in [0, 0.1) is 13.8 Å². The molecule has 39 heavy (non-hydrogen) atoms. The number of β-amino-alcohol motifs (C(OH)–C–C–N with tert-alkyl or cyclic N) is 1. The number of amides is 1. The molecule has 2 N–H and O–H groups in total. The number of nitrogens with one attached hydrogen (secondary N) is 1. The topological polar surface area (TPSA) is 112 Å². The third kappa shape index (κ3) is 5.46. The fourth-order valence-electron chi connectivity index (χ4n) is 5.23. The number of aliphatic hydroxyl groups excluding tert-OH is 1. The quantitative estimate of drug-likeness (QED) is 0.451.